The first kappa shape index (κ1) is 26.0. The summed E-state index contributed by atoms with van der Waals surface area (Å²) in [5.41, 5.74) is 5.48. The summed E-state index contributed by atoms with van der Waals surface area (Å²) >= 11 is 0. The van der Waals surface area contributed by atoms with Crippen molar-refractivity contribution in [2.24, 2.45) is 13.0 Å². The van der Waals surface area contributed by atoms with E-state index < -0.39 is 5.60 Å². The van der Waals surface area contributed by atoms with Gasteiger partial charge in [0, 0.05) is 38.0 Å². The number of aryl methyl sites for hydroxylation is 2. The minimum Gasteiger partial charge on any atom is -0.390 e. The fourth-order valence-corrected chi connectivity index (χ4v) is 5.88. The number of aromatic nitrogens is 5. The molecule has 5 heterocycles. The number of hydrogen-bond acceptors (Lipinski definition) is 7. The van der Waals surface area contributed by atoms with E-state index in [1.54, 1.807) is 0 Å². The number of fused-ring (bicyclic) bond motifs is 1. The Hall–Kier alpha value is -3.27. The monoisotopic (exact) mass is 529 g/mol. The maximum absolute atomic E-state index is 10.4. The number of imidazole rings is 1. The SMILES string of the molecule is Cc1cccc(-c2ccn(-c3cc(N4CCOCC4)c4nc(CN5CCC(C(C)(C)O)CC5)n(C)c4n3)n2)c1. The molecule has 0 aliphatic carbocycles. The van der Waals surface area contributed by atoms with Crippen LogP contribution in [0.3, 0.4) is 0 Å². The molecule has 0 saturated carbocycles. The summed E-state index contributed by atoms with van der Waals surface area (Å²) in [5.74, 6) is 2.13. The number of rotatable bonds is 6. The smallest absolute Gasteiger partial charge is 0.164 e. The Bertz CT molecular complexity index is 1450. The third-order valence-electron chi connectivity index (χ3n) is 8.33. The highest BCUT2D eigenvalue weighted by Crippen LogP contribution is 2.31. The first-order valence-electron chi connectivity index (χ1n) is 14.0. The van der Waals surface area contributed by atoms with Crippen molar-refractivity contribution in [1.82, 2.24) is 29.2 Å². The molecule has 39 heavy (non-hydrogen) atoms. The molecule has 1 N–H and O–H groups in total. The fraction of sp³-hybridized carbons (Fsp3) is 0.500. The van der Waals surface area contributed by atoms with E-state index in [1.807, 2.05) is 30.8 Å². The van der Waals surface area contributed by atoms with Gasteiger partial charge in [-0.3, -0.25) is 4.90 Å². The third kappa shape index (κ3) is 5.31. The number of benzene rings is 1. The van der Waals surface area contributed by atoms with Gasteiger partial charge in [0.05, 0.1) is 36.7 Å². The Morgan fingerprint density at radius 2 is 1.79 bits per heavy atom. The van der Waals surface area contributed by atoms with Gasteiger partial charge < -0.3 is 19.3 Å². The van der Waals surface area contributed by atoms with E-state index in [-0.39, 0.29) is 0 Å². The summed E-state index contributed by atoms with van der Waals surface area (Å²) in [4.78, 5) is 15.0. The molecular weight excluding hydrogens is 490 g/mol. The van der Waals surface area contributed by atoms with Crippen LogP contribution < -0.4 is 4.90 Å². The Labute approximate surface area is 230 Å². The normalized spacial score (nSPS) is 17.8. The number of nitrogens with zero attached hydrogens (tertiary/aromatic N) is 7. The molecule has 2 fully saturated rings. The molecule has 0 atom stereocenters. The number of ether oxygens (including phenoxy) is 1. The molecule has 0 amide bonds. The molecule has 3 aromatic heterocycles. The van der Waals surface area contributed by atoms with Crippen LogP contribution in [0.5, 0.6) is 0 Å². The van der Waals surface area contributed by atoms with Crippen molar-refractivity contribution in [3.8, 4) is 17.1 Å². The second kappa shape index (κ2) is 10.4. The molecule has 6 rings (SSSR count). The third-order valence-corrected chi connectivity index (χ3v) is 8.33. The topological polar surface area (TPSA) is 84.5 Å². The standard InChI is InChI=1S/C30H39N7O2/c1-21-6-5-7-22(18-21)24-10-13-37(33-24)26-19-25(36-14-16-39-17-15-36)28-29(32-26)34(4)27(31-28)20-35-11-8-23(9-12-35)30(2,3)38/h5-7,10,13,18-19,23,38H,8-9,11-12,14-17,20H2,1-4H3. The lowest BCUT2D eigenvalue weighted by Gasteiger charge is -2.37. The summed E-state index contributed by atoms with van der Waals surface area (Å²) < 4.78 is 9.65. The van der Waals surface area contributed by atoms with Crippen molar-refractivity contribution >= 4 is 16.9 Å². The van der Waals surface area contributed by atoms with Gasteiger partial charge in [-0.05, 0) is 64.8 Å². The number of likely N-dealkylation sites (tertiary alicyclic amines) is 1. The van der Waals surface area contributed by atoms with Crippen LogP contribution in [0.15, 0.2) is 42.6 Å². The van der Waals surface area contributed by atoms with Crippen molar-refractivity contribution in [3.63, 3.8) is 0 Å². The summed E-state index contributed by atoms with van der Waals surface area (Å²) in [6.07, 6.45) is 3.98. The average molecular weight is 530 g/mol. The number of piperidine rings is 1. The Morgan fingerprint density at radius 1 is 1.03 bits per heavy atom. The molecule has 1 aromatic carbocycles. The van der Waals surface area contributed by atoms with Crippen molar-refractivity contribution < 1.29 is 9.84 Å². The van der Waals surface area contributed by atoms with Crippen LogP contribution in [-0.4, -0.2) is 79.3 Å². The molecule has 0 radical (unpaired) electrons. The second-order valence-electron chi connectivity index (χ2n) is 11.6. The first-order valence-corrected chi connectivity index (χ1v) is 14.0. The molecule has 2 saturated heterocycles. The number of aliphatic hydroxyl groups is 1. The van der Waals surface area contributed by atoms with E-state index in [0.29, 0.717) is 19.1 Å². The van der Waals surface area contributed by atoms with Crippen molar-refractivity contribution in [3.05, 3.63) is 54.0 Å². The first-order chi connectivity index (χ1) is 18.8. The molecule has 9 heteroatoms. The molecule has 4 aromatic rings. The van der Waals surface area contributed by atoms with E-state index in [9.17, 15) is 5.11 Å². The van der Waals surface area contributed by atoms with Gasteiger partial charge in [-0.2, -0.15) is 5.10 Å². The van der Waals surface area contributed by atoms with Crippen LogP contribution in [0.2, 0.25) is 0 Å². The zero-order valence-corrected chi connectivity index (χ0v) is 23.5. The van der Waals surface area contributed by atoms with E-state index in [2.05, 4.69) is 58.7 Å². The minimum absolute atomic E-state index is 0.338. The molecule has 0 spiro atoms. The maximum atomic E-state index is 10.4. The van der Waals surface area contributed by atoms with Gasteiger partial charge in [-0.15, -0.1) is 0 Å². The van der Waals surface area contributed by atoms with Crippen LogP contribution >= 0.6 is 0 Å². The van der Waals surface area contributed by atoms with Crippen LogP contribution in [-0.2, 0) is 18.3 Å². The molecule has 0 bridgehead atoms. The van der Waals surface area contributed by atoms with Crippen molar-refractivity contribution in [1.29, 1.82) is 0 Å². The largest absolute Gasteiger partial charge is 0.390 e. The fourth-order valence-electron chi connectivity index (χ4n) is 5.88. The van der Waals surface area contributed by atoms with Crippen LogP contribution in [0, 0.1) is 12.8 Å². The molecule has 9 nitrogen and oxygen atoms in total. The maximum Gasteiger partial charge on any atom is 0.164 e. The van der Waals surface area contributed by atoms with Crippen molar-refractivity contribution in [2.75, 3.05) is 44.3 Å². The van der Waals surface area contributed by atoms with Crippen LogP contribution in [0.1, 0.15) is 38.1 Å². The van der Waals surface area contributed by atoms with Crippen LogP contribution in [0.4, 0.5) is 5.69 Å². The summed E-state index contributed by atoms with van der Waals surface area (Å²) in [6.45, 7) is 11.7. The van der Waals surface area contributed by atoms with Gasteiger partial charge in [0.15, 0.2) is 11.5 Å². The Balaban J connectivity index is 1.34. The van der Waals surface area contributed by atoms with Crippen molar-refractivity contribution in [2.45, 2.75) is 45.8 Å². The highest BCUT2D eigenvalue weighted by molar-refractivity contribution is 5.88. The second-order valence-corrected chi connectivity index (χ2v) is 11.6. The highest BCUT2D eigenvalue weighted by atomic mass is 16.5. The molecular formula is C30H39N7O2. The molecule has 206 valence electrons. The van der Waals surface area contributed by atoms with Gasteiger partial charge in [-0.1, -0.05) is 23.8 Å². The molecule has 0 unspecified atom stereocenters. The summed E-state index contributed by atoms with van der Waals surface area (Å²) in [7, 11) is 2.06. The lowest BCUT2D eigenvalue weighted by molar-refractivity contribution is -0.0139. The Morgan fingerprint density at radius 3 is 2.51 bits per heavy atom. The van der Waals surface area contributed by atoms with Gasteiger partial charge in [0.25, 0.3) is 0 Å². The summed E-state index contributed by atoms with van der Waals surface area (Å²) in [5, 5.41) is 15.3. The lowest BCUT2D eigenvalue weighted by Crippen LogP contribution is -2.41. The van der Waals surface area contributed by atoms with E-state index >= 15 is 0 Å². The van der Waals surface area contributed by atoms with E-state index in [1.165, 1.54) is 5.56 Å². The average Bonchev–Trinajstić information content (AvgIpc) is 3.54. The van der Waals surface area contributed by atoms with Gasteiger partial charge >= 0.3 is 0 Å². The Kier molecular flexibility index (Phi) is 6.91. The molecule has 2 aliphatic heterocycles. The zero-order chi connectivity index (χ0) is 27.1. The number of morpholine rings is 1. The quantitative estimate of drug-likeness (QED) is 0.405. The zero-order valence-electron chi connectivity index (χ0n) is 23.5. The minimum atomic E-state index is -0.622. The van der Waals surface area contributed by atoms with Crippen LogP contribution in [0.25, 0.3) is 28.2 Å². The van der Waals surface area contributed by atoms with Gasteiger partial charge in [-0.25, -0.2) is 14.6 Å². The number of anilines is 1. The number of hydrogen-bond donors (Lipinski definition) is 1. The molecule has 2 aliphatic rings. The van der Waals surface area contributed by atoms with E-state index in [0.717, 1.165) is 85.3 Å². The predicted octanol–water partition coefficient (Wildman–Crippen LogP) is 3.95. The highest BCUT2D eigenvalue weighted by Gasteiger charge is 2.31. The predicted molar refractivity (Wildman–Crippen MR) is 153 cm³/mol. The number of pyridine rings is 1. The summed E-state index contributed by atoms with van der Waals surface area (Å²) in [6, 6.07) is 12.6. The van der Waals surface area contributed by atoms with Gasteiger partial charge in [0.1, 0.15) is 11.3 Å². The van der Waals surface area contributed by atoms with E-state index in [4.69, 9.17) is 19.8 Å². The lowest BCUT2D eigenvalue weighted by atomic mass is 9.83. The van der Waals surface area contributed by atoms with Gasteiger partial charge in [0.2, 0.25) is 0 Å².